The zero-order valence-corrected chi connectivity index (χ0v) is 18.1. The fourth-order valence-electron chi connectivity index (χ4n) is 4.25. The SMILES string of the molecule is CCCc1ccc(OCCn2c(C)c(C(=O)OC)c3cc(O)c4ccccc4c32)cc1. The lowest BCUT2D eigenvalue weighted by atomic mass is 10.0. The number of methoxy groups -OCH3 is 1. The van der Waals surface area contributed by atoms with E-state index in [0.717, 1.165) is 40.6 Å². The third-order valence-corrected chi connectivity index (χ3v) is 5.74. The first-order valence-electron chi connectivity index (χ1n) is 10.6. The Morgan fingerprint density at radius 1 is 1.03 bits per heavy atom. The molecule has 0 saturated carbocycles. The van der Waals surface area contributed by atoms with Crippen LogP contribution in [0.25, 0.3) is 21.7 Å². The normalized spacial score (nSPS) is 11.2. The number of rotatable bonds is 7. The Labute approximate surface area is 181 Å². The molecule has 1 N–H and O–H groups in total. The summed E-state index contributed by atoms with van der Waals surface area (Å²) in [4.78, 5) is 12.5. The molecule has 160 valence electrons. The number of esters is 1. The van der Waals surface area contributed by atoms with Crippen molar-refractivity contribution < 1.29 is 19.4 Å². The average molecular weight is 418 g/mol. The van der Waals surface area contributed by atoms with Crippen LogP contribution in [0.1, 0.15) is 35.0 Å². The molecule has 31 heavy (non-hydrogen) atoms. The van der Waals surface area contributed by atoms with Gasteiger partial charge in [0.25, 0.3) is 0 Å². The monoisotopic (exact) mass is 417 g/mol. The highest BCUT2D eigenvalue weighted by atomic mass is 16.5. The second kappa shape index (κ2) is 8.72. The lowest BCUT2D eigenvalue weighted by molar-refractivity contribution is 0.0601. The number of hydrogen-bond donors (Lipinski definition) is 1. The van der Waals surface area contributed by atoms with E-state index in [-0.39, 0.29) is 5.75 Å². The molecule has 4 rings (SSSR count). The number of fused-ring (bicyclic) bond motifs is 3. The Hall–Kier alpha value is -3.47. The average Bonchev–Trinajstić information content (AvgIpc) is 3.06. The van der Waals surface area contributed by atoms with Gasteiger partial charge in [-0.3, -0.25) is 0 Å². The first-order valence-corrected chi connectivity index (χ1v) is 10.6. The number of ether oxygens (including phenoxy) is 2. The molecule has 0 spiro atoms. The standard InChI is InChI=1S/C26H27NO4/c1-4-7-18-10-12-19(13-11-18)31-15-14-27-17(2)24(26(29)30-3)22-16-23(28)20-8-5-6-9-21(20)25(22)27/h5-6,8-13,16,28H,4,7,14-15H2,1-3H3. The lowest BCUT2D eigenvalue weighted by Crippen LogP contribution is -2.11. The van der Waals surface area contributed by atoms with Gasteiger partial charge in [0.05, 0.1) is 24.7 Å². The number of aryl methyl sites for hydroxylation is 1. The van der Waals surface area contributed by atoms with Gasteiger partial charge in [-0.25, -0.2) is 4.79 Å². The van der Waals surface area contributed by atoms with Gasteiger partial charge >= 0.3 is 5.97 Å². The number of phenols is 1. The molecule has 0 amide bonds. The van der Waals surface area contributed by atoms with Crippen LogP contribution in [0.3, 0.4) is 0 Å². The van der Waals surface area contributed by atoms with E-state index >= 15 is 0 Å². The molecule has 0 fully saturated rings. The topological polar surface area (TPSA) is 60.7 Å². The minimum absolute atomic E-state index is 0.147. The van der Waals surface area contributed by atoms with Crippen molar-refractivity contribution in [1.29, 1.82) is 0 Å². The summed E-state index contributed by atoms with van der Waals surface area (Å²) in [5.41, 5.74) is 3.46. The van der Waals surface area contributed by atoms with E-state index in [1.54, 1.807) is 6.07 Å². The van der Waals surface area contributed by atoms with Crippen LogP contribution < -0.4 is 4.74 Å². The number of benzene rings is 3. The van der Waals surface area contributed by atoms with E-state index in [1.807, 2.05) is 43.3 Å². The largest absolute Gasteiger partial charge is 0.507 e. The molecular formula is C26H27NO4. The Kier molecular flexibility index (Phi) is 5.85. The van der Waals surface area contributed by atoms with E-state index in [0.29, 0.717) is 24.1 Å². The third-order valence-electron chi connectivity index (χ3n) is 5.74. The van der Waals surface area contributed by atoms with Crippen molar-refractivity contribution in [2.45, 2.75) is 33.2 Å². The van der Waals surface area contributed by atoms with Crippen molar-refractivity contribution in [3.8, 4) is 11.5 Å². The number of hydrogen-bond acceptors (Lipinski definition) is 4. The molecule has 1 aromatic heterocycles. The lowest BCUT2D eigenvalue weighted by Gasteiger charge is -2.12. The first-order chi connectivity index (χ1) is 15.0. The molecular weight excluding hydrogens is 390 g/mol. The maximum absolute atomic E-state index is 12.5. The van der Waals surface area contributed by atoms with Crippen molar-refractivity contribution in [3.05, 3.63) is 71.4 Å². The fourth-order valence-corrected chi connectivity index (χ4v) is 4.25. The molecule has 0 saturated heterocycles. The Morgan fingerprint density at radius 3 is 2.42 bits per heavy atom. The van der Waals surface area contributed by atoms with Gasteiger partial charge < -0.3 is 19.1 Å². The summed E-state index contributed by atoms with van der Waals surface area (Å²) in [6, 6.07) is 17.5. The van der Waals surface area contributed by atoms with Gasteiger partial charge in [-0.1, -0.05) is 49.7 Å². The predicted octanol–water partition coefficient (Wildman–Crippen LogP) is 5.63. The van der Waals surface area contributed by atoms with Crippen LogP contribution in [0.5, 0.6) is 11.5 Å². The number of aromatic nitrogens is 1. The van der Waals surface area contributed by atoms with Crippen LogP contribution in [-0.4, -0.2) is 29.4 Å². The van der Waals surface area contributed by atoms with Gasteiger partial charge in [0, 0.05) is 21.9 Å². The summed E-state index contributed by atoms with van der Waals surface area (Å²) in [6.45, 7) is 5.08. The number of aromatic hydroxyl groups is 1. The van der Waals surface area contributed by atoms with Gasteiger partial charge in [0.15, 0.2) is 0 Å². The van der Waals surface area contributed by atoms with Crippen LogP contribution in [0.2, 0.25) is 0 Å². The van der Waals surface area contributed by atoms with Crippen molar-refractivity contribution >= 4 is 27.6 Å². The number of carbonyl (C=O) groups is 1. The maximum Gasteiger partial charge on any atom is 0.340 e. The molecule has 4 aromatic rings. The van der Waals surface area contributed by atoms with Gasteiger partial charge in [-0.2, -0.15) is 0 Å². The highest BCUT2D eigenvalue weighted by molar-refractivity contribution is 6.16. The molecule has 5 nitrogen and oxygen atoms in total. The number of nitrogens with zero attached hydrogens (tertiary/aromatic N) is 1. The van der Waals surface area contributed by atoms with Gasteiger partial charge in [-0.05, 0) is 37.1 Å². The summed E-state index contributed by atoms with van der Waals surface area (Å²) < 4.78 is 13.1. The highest BCUT2D eigenvalue weighted by Crippen LogP contribution is 2.37. The molecule has 3 aromatic carbocycles. The Balaban J connectivity index is 1.72. The van der Waals surface area contributed by atoms with Crippen molar-refractivity contribution in [1.82, 2.24) is 4.57 Å². The molecule has 0 aliphatic heterocycles. The fraction of sp³-hybridized carbons (Fsp3) is 0.269. The third kappa shape index (κ3) is 3.83. The maximum atomic E-state index is 12.5. The van der Waals surface area contributed by atoms with E-state index in [9.17, 15) is 9.90 Å². The Bertz CT molecular complexity index is 1240. The zero-order valence-electron chi connectivity index (χ0n) is 18.1. The quantitative estimate of drug-likeness (QED) is 0.396. The van der Waals surface area contributed by atoms with E-state index in [1.165, 1.54) is 12.7 Å². The molecule has 0 unspecified atom stereocenters. The molecule has 0 bridgehead atoms. The minimum Gasteiger partial charge on any atom is -0.507 e. The van der Waals surface area contributed by atoms with Crippen molar-refractivity contribution in [2.75, 3.05) is 13.7 Å². The predicted molar refractivity (Wildman–Crippen MR) is 123 cm³/mol. The second-order valence-corrected chi connectivity index (χ2v) is 7.68. The highest BCUT2D eigenvalue weighted by Gasteiger charge is 2.23. The van der Waals surface area contributed by atoms with Crippen LogP contribution in [0.15, 0.2) is 54.6 Å². The molecule has 0 radical (unpaired) electrons. The zero-order chi connectivity index (χ0) is 22.0. The van der Waals surface area contributed by atoms with Gasteiger partial charge in [0.1, 0.15) is 18.1 Å². The van der Waals surface area contributed by atoms with E-state index < -0.39 is 5.97 Å². The first kappa shape index (κ1) is 20.8. The summed E-state index contributed by atoms with van der Waals surface area (Å²) in [5.74, 6) is 0.557. The van der Waals surface area contributed by atoms with Gasteiger partial charge in [-0.15, -0.1) is 0 Å². The number of phenolic OH excluding ortho intramolecular Hbond substituents is 1. The molecule has 5 heteroatoms. The van der Waals surface area contributed by atoms with Crippen LogP contribution >= 0.6 is 0 Å². The second-order valence-electron chi connectivity index (χ2n) is 7.68. The molecule has 0 aliphatic rings. The van der Waals surface area contributed by atoms with Crippen molar-refractivity contribution in [3.63, 3.8) is 0 Å². The molecule has 0 atom stereocenters. The summed E-state index contributed by atoms with van der Waals surface area (Å²) in [6.07, 6.45) is 2.18. The van der Waals surface area contributed by atoms with Crippen LogP contribution in [0, 0.1) is 6.92 Å². The summed E-state index contributed by atoms with van der Waals surface area (Å²) >= 11 is 0. The summed E-state index contributed by atoms with van der Waals surface area (Å²) in [7, 11) is 1.37. The van der Waals surface area contributed by atoms with Crippen LogP contribution in [-0.2, 0) is 17.7 Å². The summed E-state index contributed by atoms with van der Waals surface area (Å²) in [5, 5.41) is 12.9. The van der Waals surface area contributed by atoms with Crippen molar-refractivity contribution in [2.24, 2.45) is 0 Å². The smallest absolute Gasteiger partial charge is 0.340 e. The minimum atomic E-state index is -0.414. The number of carbonyl (C=O) groups excluding carboxylic acids is 1. The van der Waals surface area contributed by atoms with E-state index in [2.05, 4.69) is 23.6 Å². The molecule has 0 aliphatic carbocycles. The van der Waals surface area contributed by atoms with Gasteiger partial charge in [0.2, 0.25) is 0 Å². The van der Waals surface area contributed by atoms with Crippen LogP contribution in [0.4, 0.5) is 0 Å². The Morgan fingerprint density at radius 2 is 1.74 bits per heavy atom. The van der Waals surface area contributed by atoms with E-state index in [4.69, 9.17) is 9.47 Å². The molecule has 1 heterocycles.